The van der Waals surface area contributed by atoms with Crippen molar-refractivity contribution in [2.45, 2.75) is 11.3 Å². The molecule has 0 aliphatic heterocycles. The molecule has 158 valence electrons. The Morgan fingerprint density at radius 1 is 1.00 bits per heavy atom. The molecule has 3 rings (SSSR count). The van der Waals surface area contributed by atoms with Gasteiger partial charge >= 0.3 is 0 Å². The predicted octanol–water partition coefficient (Wildman–Crippen LogP) is 2.96. The summed E-state index contributed by atoms with van der Waals surface area (Å²) in [5.74, 6) is 0.283. The van der Waals surface area contributed by atoms with Gasteiger partial charge in [0.15, 0.2) is 6.19 Å². The molecule has 0 atom stereocenters. The lowest BCUT2D eigenvalue weighted by Gasteiger charge is -2.12. The summed E-state index contributed by atoms with van der Waals surface area (Å²) in [6, 6.07) is 19.8. The van der Waals surface area contributed by atoms with E-state index in [-0.39, 0.29) is 17.4 Å². The van der Waals surface area contributed by atoms with Crippen molar-refractivity contribution >= 4 is 21.7 Å². The van der Waals surface area contributed by atoms with Gasteiger partial charge in [0.2, 0.25) is 16.0 Å². The van der Waals surface area contributed by atoms with Crippen molar-refractivity contribution in [1.82, 2.24) is 15.0 Å². The fourth-order valence-corrected chi connectivity index (χ4v) is 4.15. The van der Waals surface area contributed by atoms with Gasteiger partial charge in [-0.05, 0) is 30.2 Å². The molecule has 9 heteroatoms. The smallest absolute Gasteiger partial charge is 0.241 e. The number of aliphatic imine (C=N–C) groups is 1. The van der Waals surface area contributed by atoms with Crippen LogP contribution in [0.3, 0.4) is 0 Å². The highest BCUT2D eigenvalue weighted by atomic mass is 32.2. The standard InChI is InChI=1S/C22H22N6O2S/c23-17-26-22(28-19-11-15-24-16-12-19)25-13-6-14-27-31(29,30)21-10-5-4-9-20(21)18-7-2-1-3-8-18/h1-5,7-12,15-16,27H,6,13-14H2,(H2,24,25,26,28). The second-order valence-corrected chi connectivity index (χ2v) is 8.18. The van der Waals surface area contributed by atoms with E-state index >= 15 is 0 Å². The summed E-state index contributed by atoms with van der Waals surface area (Å²) in [4.78, 5) is 8.44. The van der Waals surface area contributed by atoms with E-state index in [0.717, 1.165) is 11.3 Å². The summed E-state index contributed by atoms with van der Waals surface area (Å²) in [7, 11) is -3.69. The number of nitrogens with zero attached hydrogens (tertiary/aromatic N) is 3. The summed E-state index contributed by atoms with van der Waals surface area (Å²) in [6.45, 7) is 0.537. The second-order valence-electron chi connectivity index (χ2n) is 6.44. The zero-order chi connectivity index (χ0) is 21.9. The van der Waals surface area contributed by atoms with Crippen LogP contribution < -0.4 is 15.4 Å². The van der Waals surface area contributed by atoms with Crippen LogP contribution >= 0.6 is 0 Å². The van der Waals surface area contributed by atoms with Crippen LogP contribution in [-0.4, -0.2) is 32.5 Å². The molecule has 0 amide bonds. The molecule has 3 N–H and O–H groups in total. The molecule has 31 heavy (non-hydrogen) atoms. The Balaban J connectivity index is 1.60. The number of benzene rings is 2. The van der Waals surface area contributed by atoms with Gasteiger partial charge < -0.3 is 5.32 Å². The molecular formula is C22H22N6O2S. The number of hydrogen-bond acceptors (Lipinski definition) is 5. The number of hydrogen-bond donors (Lipinski definition) is 3. The number of anilines is 1. The third-order valence-corrected chi connectivity index (χ3v) is 5.79. The Morgan fingerprint density at radius 3 is 2.45 bits per heavy atom. The Bertz CT molecular complexity index is 1160. The number of aromatic nitrogens is 1. The van der Waals surface area contributed by atoms with Gasteiger partial charge in [-0.3, -0.25) is 15.3 Å². The van der Waals surface area contributed by atoms with E-state index < -0.39 is 10.0 Å². The number of guanidine groups is 1. The lowest BCUT2D eigenvalue weighted by Crippen LogP contribution is -2.28. The molecule has 0 aliphatic rings. The summed E-state index contributed by atoms with van der Waals surface area (Å²) in [5, 5.41) is 14.3. The molecule has 2 aromatic carbocycles. The Labute approximate surface area is 181 Å². The topological polar surface area (TPSA) is 119 Å². The average molecular weight is 435 g/mol. The van der Waals surface area contributed by atoms with Crippen molar-refractivity contribution in [2.24, 2.45) is 4.99 Å². The van der Waals surface area contributed by atoms with Crippen LogP contribution in [0, 0.1) is 11.5 Å². The number of pyridine rings is 1. The van der Waals surface area contributed by atoms with Gasteiger partial charge in [0.1, 0.15) is 0 Å². The SMILES string of the molecule is N#CN/C(=N\CCCNS(=O)(=O)c1ccccc1-c1ccccc1)Nc1ccncc1. The van der Waals surface area contributed by atoms with E-state index in [9.17, 15) is 8.42 Å². The molecule has 0 saturated carbocycles. The number of rotatable bonds is 8. The molecule has 3 aromatic rings. The van der Waals surface area contributed by atoms with E-state index in [1.807, 2.05) is 42.6 Å². The first-order chi connectivity index (χ1) is 15.1. The minimum atomic E-state index is -3.69. The van der Waals surface area contributed by atoms with Gasteiger partial charge in [-0.1, -0.05) is 48.5 Å². The highest BCUT2D eigenvalue weighted by Crippen LogP contribution is 2.26. The van der Waals surface area contributed by atoms with Crippen molar-refractivity contribution in [3.05, 3.63) is 79.1 Å². The van der Waals surface area contributed by atoms with E-state index in [1.54, 1.807) is 42.7 Å². The fraction of sp³-hybridized carbons (Fsp3) is 0.136. The molecule has 0 fully saturated rings. The van der Waals surface area contributed by atoms with Crippen LogP contribution in [0.25, 0.3) is 11.1 Å². The van der Waals surface area contributed by atoms with Crippen LogP contribution in [0.4, 0.5) is 5.69 Å². The van der Waals surface area contributed by atoms with Crippen molar-refractivity contribution in [2.75, 3.05) is 18.4 Å². The van der Waals surface area contributed by atoms with E-state index in [2.05, 4.69) is 25.3 Å². The van der Waals surface area contributed by atoms with Crippen molar-refractivity contribution < 1.29 is 8.42 Å². The zero-order valence-corrected chi connectivity index (χ0v) is 17.5. The molecule has 1 aromatic heterocycles. The van der Waals surface area contributed by atoms with Gasteiger partial charge in [-0.25, -0.2) is 13.1 Å². The molecule has 0 radical (unpaired) electrons. The van der Waals surface area contributed by atoms with Crippen LogP contribution in [0.2, 0.25) is 0 Å². The Hall–Kier alpha value is -3.74. The highest BCUT2D eigenvalue weighted by molar-refractivity contribution is 7.89. The maximum Gasteiger partial charge on any atom is 0.241 e. The van der Waals surface area contributed by atoms with Crippen molar-refractivity contribution in [3.8, 4) is 17.3 Å². The van der Waals surface area contributed by atoms with Crippen LogP contribution in [-0.2, 0) is 10.0 Å². The average Bonchev–Trinajstić information content (AvgIpc) is 2.80. The number of nitrogens with one attached hydrogen (secondary N) is 3. The van der Waals surface area contributed by atoms with Crippen molar-refractivity contribution in [1.29, 1.82) is 5.26 Å². The normalized spacial score (nSPS) is 11.5. The second kappa shape index (κ2) is 10.9. The molecule has 0 spiro atoms. The molecule has 1 heterocycles. The first-order valence-corrected chi connectivity index (χ1v) is 11.1. The van der Waals surface area contributed by atoms with Gasteiger partial charge in [0.05, 0.1) is 4.90 Å². The summed E-state index contributed by atoms with van der Waals surface area (Å²) in [6.07, 6.45) is 5.52. The fourth-order valence-electron chi connectivity index (χ4n) is 2.85. The zero-order valence-electron chi connectivity index (χ0n) is 16.7. The summed E-state index contributed by atoms with van der Waals surface area (Å²) < 4.78 is 28.3. The third-order valence-electron chi connectivity index (χ3n) is 4.28. The van der Waals surface area contributed by atoms with Crippen molar-refractivity contribution in [3.63, 3.8) is 0 Å². The minimum absolute atomic E-state index is 0.212. The maximum atomic E-state index is 12.8. The van der Waals surface area contributed by atoms with Gasteiger partial charge in [0, 0.05) is 36.7 Å². The minimum Gasteiger partial charge on any atom is -0.325 e. The Kier molecular flexibility index (Phi) is 7.70. The lowest BCUT2D eigenvalue weighted by atomic mass is 10.1. The highest BCUT2D eigenvalue weighted by Gasteiger charge is 2.18. The van der Waals surface area contributed by atoms with Crippen LogP contribution in [0.5, 0.6) is 0 Å². The predicted molar refractivity (Wildman–Crippen MR) is 121 cm³/mol. The molecular weight excluding hydrogens is 412 g/mol. The van der Waals surface area contributed by atoms with Crippen LogP contribution in [0.15, 0.2) is 89.0 Å². The van der Waals surface area contributed by atoms with Crippen LogP contribution in [0.1, 0.15) is 6.42 Å². The Morgan fingerprint density at radius 2 is 1.71 bits per heavy atom. The molecule has 0 saturated heterocycles. The molecule has 0 bridgehead atoms. The third kappa shape index (κ3) is 6.37. The van der Waals surface area contributed by atoms with Gasteiger partial charge in [-0.15, -0.1) is 0 Å². The summed E-state index contributed by atoms with van der Waals surface area (Å²) in [5.41, 5.74) is 2.22. The molecule has 0 aliphatic carbocycles. The van der Waals surface area contributed by atoms with E-state index in [4.69, 9.17) is 5.26 Å². The maximum absolute atomic E-state index is 12.8. The summed E-state index contributed by atoms with van der Waals surface area (Å²) >= 11 is 0. The largest absolute Gasteiger partial charge is 0.325 e. The quantitative estimate of drug-likeness (QED) is 0.165. The molecule has 0 unspecified atom stereocenters. The van der Waals surface area contributed by atoms with Gasteiger partial charge in [-0.2, -0.15) is 5.26 Å². The number of nitriles is 1. The van der Waals surface area contributed by atoms with E-state index in [1.165, 1.54) is 0 Å². The molecule has 8 nitrogen and oxygen atoms in total. The number of sulfonamides is 1. The van der Waals surface area contributed by atoms with Gasteiger partial charge in [0.25, 0.3) is 0 Å². The van der Waals surface area contributed by atoms with E-state index in [0.29, 0.717) is 18.5 Å². The first-order valence-electron chi connectivity index (χ1n) is 9.61. The monoisotopic (exact) mass is 434 g/mol. The lowest BCUT2D eigenvalue weighted by molar-refractivity contribution is 0.580. The first kappa shape index (κ1) is 22.0.